The van der Waals surface area contributed by atoms with Gasteiger partial charge >= 0.3 is 5.97 Å². The van der Waals surface area contributed by atoms with Crippen molar-refractivity contribution < 1.29 is 19.7 Å². The second kappa shape index (κ2) is 6.26. The van der Waals surface area contributed by atoms with Gasteiger partial charge in [0.15, 0.2) is 0 Å². The molecule has 2 fully saturated rings. The fraction of sp³-hybridized carbons (Fsp3) is 0.682. The number of rotatable bonds is 2. The van der Waals surface area contributed by atoms with Gasteiger partial charge in [-0.3, -0.25) is 4.79 Å². The number of fused-ring (bicyclic) bond motifs is 5. The highest BCUT2D eigenvalue weighted by Crippen LogP contribution is 2.62. The largest absolute Gasteiger partial charge is 0.508 e. The number of aliphatic hydroxyl groups is 1. The first-order valence-corrected chi connectivity index (χ1v) is 10.0. The third kappa shape index (κ3) is 2.65. The van der Waals surface area contributed by atoms with Gasteiger partial charge in [0.1, 0.15) is 5.75 Å². The predicted octanol–water partition coefficient (Wildman–Crippen LogP) is 3.79. The summed E-state index contributed by atoms with van der Waals surface area (Å²) >= 11 is 0. The molecule has 4 rings (SSSR count). The van der Waals surface area contributed by atoms with Crippen molar-refractivity contribution in [1.82, 2.24) is 0 Å². The summed E-state index contributed by atoms with van der Waals surface area (Å²) in [7, 11) is 0. The molecule has 2 saturated carbocycles. The van der Waals surface area contributed by atoms with Crippen LogP contribution in [0, 0.1) is 23.2 Å². The minimum Gasteiger partial charge on any atom is -0.508 e. The molecule has 142 valence electrons. The van der Waals surface area contributed by atoms with Gasteiger partial charge in [-0.1, -0.05) is 13.0 Å². The van der Waals surface area contributed by atoms with Crippen LogP contribution >= 0.6 is 0 Å². The van der Waals surface area contributed by atoms with Crippen molar-refractivity contribution in [2.75, 3.05) is 0 Å². The molecule has 0 aliphatic heterocycles. The Bertz CT molecular complexity index is 712. The normalized spacial score (nSPS) is 38.4. The van der Waals surface area contributed by atoms with Crippen molar-refractivity contribution in [2.45, 2.75) is 71.0 Å². The molecule has 0 radical (unpaired) electrons. The van der Waals surface area contributed by atoms with Gasteiger partial charge in [-0.2, -0.15) is 0 Å². The SMILES string of the molecule is CC(C)OC(=O)[C@H]1C[C@H]2[C@@H]3CCc4cc(O)ccc4[C@H]3CC[C@]2(C)[C@H]1O. The number of esters is 1. The summed E-state index contributed by atoms with van der Waals surface area (Å²) in [5, 5.41) is 20.8. The highest BCUT2D eigenvalue weighted by molar-refractivity contribution is 5.74. The number of phenols is 1. The molecule has 3 aliphatic rings. The summed E-state index contributed by atoms with van der Waals surface area (Å²) in [6.45, 7) is 5.89. The van der Waals surface area contributed by atoms with Crippen LogP contribution in [0.2, 0.25) is 0 Å². The Labute approximate surface area is 155 Å². The standard InChI is InChI=1S/C22H30O4/c1-12(2)26-21(25)18-11-19-17-6-4-13-10-14(23)5-7-15(13)16(17)8-9-22(19,3)20(18)24/h5,7,10,12,16-20,23-24H,4,6,8-9,11H2,1-3H3/t16-,17-,18+,19+,20+,22+/m1/s1. The maximum absolute atomic E-state index is 12.5. The third-order valence-electron chi connectivity index (χ3n) is 7.37. The summed E-state index contributed by atoms with van der Waals surface area (Å²) < 4.78 is 5.43. The third-order valence-corrected chi connectivity index (χ3v) is 7.37. The lowest BCUT2D eigenvalue weighted by Gasteiger charge is -2.50. The molecule has 0 heterocycles. The molecule has 0 amide bonds. The van der Waals surface area contributed by atoms with E-state index in [4.69, 9.17) is 4.74 Å². The van der Waals surface area contributed by atoms with Gasteiger partial charge in [0.25, 0.3) is 0 Å². The van der Waals surface area contributed by atoms with E-state index >= 15 is 0 Å². The van der Waals surface area contributed by atoms with E-state index in [1.54, 1.807) is 6.07 Å². The van der Waals surface area contributed by atoms with Gasteiger partial charge in [0.2, 0.25) is 0 Å². The lowest BCUT2D eigenvalue weighted by atomic mass is 9.55. The number of hydrogen-bond acceptors (Lipinski definition) is 4. The van der Waals surface area contributed by atoms with Crippen molar-refractivity contribution in [2.24, 2.45) is 23.2 Å². The number of phenolic OH excluding ortho intramolecular Hbond substituents is 1. The molecular weight excluding hydrogens is 328 g/mol. The van der Waals surface area contributed by atoms with E-state index in [0.717, 1.165) is 32.1 Å². The average Bonchev–Trinajstić information content (AvgIpc) is 2.85. The van der Waals surface area contributed by atoms with Crippen molar-refractivity contribution in [3.8, 4) is 5.75 Å². The quantitative estimate of drug-likeness (QED) is 0.790. The molecule has 26 heavy (non-hydrogen) atoms. The molecule has 1 aromatic carbocycles. The highest BCUT2D eigenvalue weighted by Gasteiger charge is 2.59. The number of aryl methyl sites for hydroxylation is 1. The van der Waals surface area contributed by atoms with Crippen molar-refractivity contribution >= 4 is 5.97 Å². The van der Waals surface area contributed by atoms with Gasteiger partial charge in [0, 0.05) is 0 Å². The zero-order valence-electron chi connectivity index (χ0n) is 15.9. The maximum Gasteiger partial charge on any atom is 0.311 e. The summed E-state index contributed by atoms with van der Waals surface area (Å²) in [5.41, 5.74) is 2.43. The number of carbonyl (C=O) groups excluding carboxylic acids is 1. The molecule has 0 unspecified atom stereocenters. The molecular formula is C22H30O4. The summed E-state index contributed by atoms with van der Waals surface area (Å²) in [5.74, 6) is 1.04. The van der Waals surface area contributed by atoms with E-state index in [1.165, 1.54) is 11.1 Å². The molecule has 6 atom stereocenters. The van der Waals surface area contributed by atoms with Crippen molar-refractivity contribution in [3.05, 3.63) is 29.3 Å². The Morgan fingerprint density at radius 2 is 2.08 bits per heavy atom. The van der Waals surface area contributed by atoms with Gasteiger partial charge < -0.3 is 14.9 Å². The molecule has 0 saturated heterocycles. The lowest BCUT2D eigenvalue weighted by molar-refractivity contribution is -0.157. The van der Waals surface area contributed by atoms with Gasteiger partial charge in [-0.15, -0.1) is 0 Å². The highest BCUT2D eigenvalue weighted by atomic mass is 16.5. The van der Waals surface area contributed by atoms with Crippen LogP contribution in [-0.4, -0.2) is 28.4 Å². The van der Waals surface area contributed by atoms with E-state index in [9.17, 15) is 15.0 Å². The molecule has 3 aliphatic carbocycles. The first-order valence-electron chi connectivity index (χ1n) is 10.0. The minimum atomic E-state index is -0.610. The Morgan fingerprint density at radius 3 is 2.81 bits per heavy atom. The average molecular weight is 358 g/mol. The van der Waals surface area contributed by atoms with Gasteiger partial charge in [0.05, 0.1) is 18.1 Å². The van der Waals surface area contributed by atoms with Crippen LogP contribution in [0.25, 0.3) is 0 Å². The number of ether oxygens (including phenoxy) is 1. The van der Waals surface area contributed by atoms with E-state index in [1.807, 2.05) is 19.9 Å². The van der Waals surface area contributed by atoms with Gasteiger partial charge in [-0.05, 0) is 92.4 Å². The fourth-order valence-electron chi connectivity index (χ4n) is 6.13. The number of aromatic hydroxyl groups is 1. The summed E-state index contributed by atoms with van der Waals surface area (Å²) in [6, 6.07) is 5.78. The van der Waals surface area contributed by atoms with Crippen LogP contribution in [0.4, 0.5) is 0 Å². The van der Waals surface area contributed by atoms with E-state index in [-0.39, 0.29) is 17.5 Å². The first-order chi connectivity index (χ1) is 12.3. The summed E-state index contributed by atoms with van der Waals surface area (Å²) in [6.07, 6.45) is 3.99. The number of hydrogen-bond donors (Lipinski definition) is 2. The molecule has 0 bridgehead atoms. The maximum atomic E-state index is 12.5. The Balaban J connectivity index is 1.62. The van der Waals surface area contributed by atoms with Crippen LogP contribution in [-0.2, 0) is 16.0 Å². The van der Waals surface area contributed by atoms with E-state index in [0.29, 0.717) is 23.5 Å². The molecule has 4 heteroatoms. The number of carbonyl (C=O) groups is 1. The molecule has 0 aromatic heterocycles. The number of benzene rings is 1. The number of aliphatic hydroxyl groups excluding tert-OH is 1. The molecule has 2 N–H and O–H groups in total. The predicted molar refractivity (Wildman–Crippen MR) is 98.8 cm³/mol. The zero-order valence-corrected chi connectivity index (χ0v) is 15.9. The Kier molecular flexibility index (Phi) is 4.30. The molecule has 0 spiro atoms. The molecule has 4 nitrogen and oxygen atoms in total. The van der Waals surface area contributed by atoms with Gasteiger partial charge in [-0.25, -0.2) is 0 Å². The van der Waals surface area contributed by atoms with Crippen LogP contribution in [0.1, 0.15) is 63.5 Å². The lowest BCUT2D eigenvalue weighted by Crippen LogP contribution is -2.45. The van der Waals surface area contributed by atoms with Crippen LogP contribution < -0.4 is 0 Å². The monoisotopic (exact) mass is 358 g/mol. The smallest absolute Gasteiger partial charge is 0.311 e. The fourth-order valence-corrected chi connectivity index (χ4v) is 6.13. The van der Waals surface area contributed by atoms with Crippen LogP contribution in [0.5, 0.6) is 5.75 Å². The Hall–Kier alpha value is -1.55. The van der Waals surface area contributed by atoms with Crippen molar-refractivity contribution in [1.29, 1.82) is 0 Å². The second-order valence-electron chi connectivity index (χ2n) is 9.12. The van der Waals surface area contributed by atoms with Crippen molar-refractivity contribution in [3.63, 3.8) is 0 Å². The topological polar surface area (TPSA) is 66.8 Å². The van der Waals surface area contributed by atoms with Crippen LogP contribution in [0.3, 0.4) is 0 Å². The van der Waals surface area contributed by atoms with Crippen LogP contribution in [0.15, 0.2) is 18.2 Å². The second-order valence-corrected chi connectivity index (χ2v) is 9.12. The first kappa shape index (κ1) is 17.8. The van der Waals surface area contributed by atoms with E-state index < -0.39 is 12.0 Å². The zero-order chi connectivity index (χ0) is 18.6. The Morgan fingerprint density at radius 1 is 1.31 bits per heavy atom. The minimum absolute atomic E-state index is 0.146. The summed E-state index contributed by atoms with van der Waals surface area (Å²) in [4.78, 5) is 12.5. The molecule has 1 aromatic rings. The van der Waals surface area contributed by atoms with E-state index in [2.05, 4.69) is 13.0 Å².